The van der Waals surface area contributed by atoms with E-state index in [2.05, 4.69) is 119 Å². The molecule has 147 heavy (non-hydrogen) atoms. The summed E-state index contributed by atoms with van der Waals surface area (Å²) in [6, 6.07) is 5.19. The third kappa shape index (κ3) is 47.3. The van der Waals surface area contributed by atoms with Gasteiger partial charge in [0.05, 0.1) is 57.4 Å². The van der Waals surface area contributed by atoms with E-state index in [-0.39, 0.29) is 154 Å². The minimum Gasteiger partial charge on any atom is -0.480 e. The number of halogens is 16. The minimum absolute atomic E-state index is 0. The van der Waals surface area contributed by atoms with Gasteiger partial charge in [0.15, 0.2) is 11.6 Å². The van der Waals surface area contributed by atoms with Gasteiger partial charge in [-0.25, -0.2) is 51.9 Å². The molecule has 0 radical (unpaired) electrons. The number of hydrogen-bond donors (Lipinski definition) is 9. The summed E-state index contributed by atoms with van der Waals surface area (Å²) in [5, 5.41) is 43.9. The smallest absolute Gasteiger partial charge is 0.411 e. The fraction of sp³-hybridized carbons (Fsp3) is 0.632. The number of ether oxygens (including phenoxy) is 2. The molecule has 60 heteroatoms. The van der Waals surface area contributed by atoms with Crippen LogP contribution in [0.1, 0.15) is 142 Å². The van der Waals surface area contributed by atoms with Gasteiger partial charge in [0.1, 0.15) is 90.2 Å². The standard InChI is InChI=1S/C27H29F4N7O3.C16H25F4N3O3.C16H16N4O3.C11H17F4N3O.C10H16FNO4.C6H11F3N2.CH4.S4.S3.S2.H2S/c1-15(39)25-21-7-17(18-9-32-16(2)33-10-18)3-4-22(21)38(35-25)13-24(40)37-11-19(28)8-23(37)26(41)34-20-5-6-36(12-20)14-27(29,30)31;1-15(2,3)26-14(25)23-7-10(17)6-12(23)13(24)21-11-4-5-22(8-11)9-16(18,19)20;1-9(21)16(17)13-5-11(12-6-18-10(2)19-7-12)3-4-14(13)20-8-15(22)23;12-7-3-9(16-4-7)10(19)17-8-1-2-18(5-8)6-11(13,14)15;1-10(2,3)16-9(15)12-5-6(11)4-7(12)8(13)14;7-6(8,9)4-11-2-1-5(10)3-11;;1-3-4-2;1-3-2;1-2;/h3-4,7,9-10,19-20,23H,5-6,8,11-14H2,1-2H3,(H,34,41);10-12H,4-9H2,1-3H3,(H,21,24);3-7,17,20H,8H2,1-2H3,(H,22,23);7-9,16H,1-6H2,(H,17,19);6-7H,4-5H2,1-3H3,(H,13,14);5H,1-4,10H2;1H4;;;;1H2/t19-,20?,23+;10-,11?,12+;;7-,8?,9+;6-,7+;;;;;;/m11.11....../s1. The Labute approximate surface area is 883 Å². The Hall–Kier alpha value is -8.79. The quantitative estimate of drug-likeness (QED) is 0.0187. The fourth-order valence-corrected chi connectivity index (χ4v) is 16.0. The van der Waals surface area contributed by atoms with Crippen molar-refractivity contribution in [3.63, 3.8) is 0 Å². The van der Waals surface area contributed by atoms with Crippen LogP contribution in [0.4, 0.5) is 85.5 Å². The zero-order valence-electron chi connectivity index (χ0n) is 80.5. The van der Waals surface area contributed by atoms with E-state index in [1.807, 2.05) is 0 Å². The molecule has 0 saturated carbocycles. The number of carboxylic acid groups (broad SMARTS) is 2. The molecule has 0 aliphatic carbocycles. The van der Waals surface area contributed by atoms with Crippen LogP contribution >= 0.6 is 13.5 Å². The lowest BCUT2D eigenvalue weighted by molar-refractivity contribution is -0.144. The van der Waals surface area contributed by atoms with Gasteiger partial charge in [-0.15, -0.1) is 0 Å². The Morgan fingerprint density at radius 1 is 0.524 bits per heavy atom. The number of rotatable bonds is 21. The maximum absolute atomic E-state index is 14.5. The summed E-state index contributed by atoms with van der Waals surface area (Å²) >= 11 is 24.2. The van der Waals surface area contributed by atoms with E-state index < -0.39 is 171 Å². The number of carbonyl (C=O) groups excluding carboxylic acids is 8. The average molecular weight is 2290 g/mol. The molecule has 12 atom stereocenters. The predicted octanol–water partition coefficient (Wildman–Crippen LogP) is 9.85. The van der Waals surface area contributed by atoms with E-state index in [9.17, 15) is 118 Å². The molecule has 11 heterocycles. The van der Waals surface area contributed by atoms with Crippen molar-refractivity contribution in [2.45, 2.75) is 244 Å². The van der Waals surface area contributed by atoms with Crippen LogP contribution in [0.3, 0.4) is 0 Å². The first-order valence-corrected chi connectivity index (χ1v) is 52.5. The number of ketones is 2. The molecule has 10 N–H and O–H groups in total. The van der Waals surface area contributed by atoms with Crippen molar-refractivity contribution in [1.29, 1.82) is 5.41 Å². The van der Waals surface area contributed by atoms with Crippen LogP contribution in [-0.4, -0.2) is 359 Å². The van der Waals surface area contributed by atoms with Crippen molar-refractivity contribution >= 4 is 189 Å². The Kier molecular flexibility index (Phi) is 55.0. The number of nitrogens with one attached hydrogen (secondary N) is 6. The van der Waals surface area contributed by atoms with Gasteiger partial charge < -0.3 is 56.9 Å². The van der Waals surface area contributed by atoms with Gasteiger partial charge in [-0.05, 0) is 116 Å². The summed E-state index contributed by atoms with van der Waals surface area (Å²) in [6.45, 7) is 12.9. The summed E-state index contributed by atoms with van der Waals surface area (Å²) in [7, 11) is 3.26. The van der Waals surface area contributed by atoms with Crippen LogP contribution < -0.4 is 32.3 Å². The number of likely N-dealkylation sites (tertiary alicyclic amines) is 7. The van der Waals surface area contributed by atoms with E-state index in [0.29, 0.717) is 79.1 Å². The van der Waals surface area contributed by atoms with Crippen LogP contribution in [0.25, 0.3) is 33.2 Å². The first-order chi connectivity index (χ1) is 67.4. The predicted molar refractivity (Wildman–Crippen MR) is 543 cm³/mol. The topological polar surface area (TPSA) is 432 Å². The molecule has 13 rings (SSSR count). The number of nitrogens with zero attached hydrogens (tertiary/aromatic N) is 13. The minimum atomic E-state index is -4.34. The van der Waals surface area contributed by atoms with Gasteiger partial charge in [0.2, 0.25) is 23.6 Å². The third-order valence-corrected chi connectivity index (χ3v) is 24.3. The Morgan fingerprint density at radius 2 is 0.898 bits per heavy atom. The molecule has 6 amide bonds. The van der Waals surface area contributed by atoms with Crippen molar-refractivity contribution in [2.75, 3.05) is 117 Å². The summed E-state index contributed by atoms with van der Waals surface area (Å²) < 4.78 is 213. The lowest BCUT2D eigenvalue weighted by atomic mass is 9.99. The highest BCUT2D eigenvalue weighted by Gasteiger charge is 2.47. The van der Waals surface area contributed by atoms with Crippen LogP contribution in [0.15, 0.2) is 61.2 Å². The highest BCUT2D eigenvalue weighted by atomic mass is 33.2. The highest BCUT2D eigenvalue weighted by Crippen LogP contribution is 2.34. The van der Waals surface area contributed by atoms with Gasteiger partial charge in [-0.2, -0.15) is 71.3 Å². The number of nitrogens with two attached hydrogens (primary N) is 1. The van der Waals surface area contributed by atoms with Gasteiger partial charge in [0, 0.05) is 269 Å². The summed E-state index contributed by atoms with van der Waals surface area (Å²) in [4.78, 5) is 145. The average Bonchev–Trinajstić information content (AvgIpc) is 1.62. The molecule has 8 fully saturated rings. The Morgan fingerprint density at radius 3 is 1.26 bits per heavy atom. The summed E-state index contributed by atoms with van der Waals surface area (Å²) in [6.07, 6.45) is -15.5. The Bertz CT molecular complexity index is 5340. The zero-order valence-corrected chi connectivity index (χ0v) is 88.8. The van der Waals surface area contributed by atoms with Crippen LogP contribution in [0.5, 0.6) is 0 Å². The van der Waals surface area contributed by atoms with E-state index in [4.69, 9.17) is 30.8 Å². The summed E-state index contributed by atoms with van der Waals surface area (Å²) in [5.74, 6) is -3.73. The molecule has 8 aliphatic heterocycles. The number of alkyl halides is 16. The normalized spacial score (nSPS) is 21.8. The van der Waals surface area contributed by atoms with Crippen LogP contribution in [0.2, 0.25) is 0 Å². The second-order valence-electron chi connectivity index (χ2n) is 36.4. The largest absolute Gasteiger partial charge is 0.480 e. The van der Waals surface area contributed by atoms with Crippen LogP contribution in [-0.2, 0) is 143 Å². The monoisotopic (exact) mass is 2290 g/mol. The number of aromatic nitrogens is 6. The van der Waals surface area contributed by atoms with Crippen molar-refractivity contribution < 1.29 is 138 Å². The molecule has 2 aromatic carbocycles. The SMILES string of the molecule is C.CC(=O)C(=N)c1cc(-c2cnc(C)nc2)ccc1NCC(=O)O.CC(=O)c1nn(CC(=O)N2C[C@H](F)C[C@H]2C(=O)NC2CCN(CC(F)(F)F)C2)c2ccc(-c3cnc(C)nc3)cc12.CC(C)(C)OC(=O)N1C[C@H](F)C[C@H]1C(=O)NC1CCN(CC(F)(F)F)C1.CC(C)(C)OC(=O)N1C[C@H](F)C[C@H]1C(=O)O.NC1CCN(CC(F)(F)F)C1.O=C(NC1CCN(CC(F)(F)F)C1)[C@@H]1C[C@@H](F)CN1.S.S=S.S=S=S.S=S=S=S. The van der Waals surface area contributed by atoms with Crippen molar-refractivity contribution in [2.24, 2.45) is 5.73 Å². The lowest BCUT2D eigenvalue weighted by Crippen LogP contribution is -2.50. The zero-order chi connectivity index (χ0) is 109. The fourth-order valence-electron chi connectivity index (χ4n) is 16.0. The number of benzene rings is 2. The van der Waals surface area contributed by atoms with Crippen LogP contribution in [0, 0.1) is 19.3 Å². The lowest BCUT2D eigenvalue weighted by Gasteiger charge is -2.28. The number of carbonyl (C=O) groups is 10. The second kappa shape index (κ2) is 61.0. The molecule has 0 bridgehead atoms. The van der Waals surface area contributed by atoms with E-state index in [1.165, 1.54) is 55.9 Å². The molecule has 5 aromatic rings. The second-order valence-corrected chi connectivity index (χ2v) is 41.7. The number of hydrogen-bond acceptors (Lipinski definition) is 31. The van der Waals surface area contributed by atoms with Gasteiger partial charge in [-0.1, -0.05) is 19.6 Å². The molecule has 824 valence electrons. The maximum Gasteiger partial charge on any atom is 0.411 e. The van der Waals surface area contributed by atoms with Crippen molar-refractivity contribution in [1.82, 2.24) is 85.3 Å². The number of aryl methyl sites for hydroxylation is 2. The molecule has 4 unspecified atom stereocenters. The van der Waals surface area contributed by atoms with Gasteiger partial charge in [-0.3, -0.25) is 73.1 Å². The molecule has 3 aromatic heterocycles. The Balaban J connectivity index is 0.000000463. The summed E-state index contributed by atoms with van der Waals surface area (Å²) in [5.41, 5.74) is 8.16. The third-order valence-electron chi connectivity index (χ3n) is 22.1. The number of fused-ring (bicyclic) bond motifs is 1. The van der Waals surface area contributed by atoms with Gasteiger partial charge >= 0.3 is 48.8 Å². The molecule has 8 aliphatic rings. The molecular weight excluding hydrogens is 2170 g/mol. The van der Waals surface area contributed by atoms with Crippen molar-refractivity contribution in [3.05, 3.63) is 84.1 Å². The number of amides is 6. The highest BCUT2D eigenvalue weighted by molar-refractivity contribution is 8.51. The first kappa shape index (κ1) is 132. The molecular formula is C87H120F16N20O14S10. The van der Waals surface area contributed by atoms with E-state index in [0.717, 1.165) is 45.8 Å². The number of anilines is 1. The molecule has 0 spiro atoms. The molecule has 8 saturated heterocycles. The maximum atomic E-state index is 14.5. The van der Waals surface area contributed by atoms with Crippen molar-refractivity contribution in [3.8, 4) is 22.3 Å². The molecule has 34 nitrogen and oxygen atoms in total. The van der Waals surface area contributed by atoms with E-state index >= 15 is 0 Å². The number of carboxylic acids is 2. The number of Topliss-reactive ketones (excluding diaryl/α,β-unsaturated/α-hetero) is 2. The van der Waals surface area contributed by atoms with Gasteiger partial charge in [0.25, 0.3) is 0 Å². The van der Waals surface area contributed by atoms with E-state index in [1.54, 1.807) is 117 Å². The number of aliphatic carboxylic acids is 2. The first-order valence-electron chi connectivity index (χ1n) is 44.5.